The zero-order valence-electron chi connectivity index (χ0n) is 13.3. The topological polar surface area (TPSA) is 24.9 Å². The van der Waals surface area contributed by atoms with Crippen LogP contribution < -0.4 is 5.32 Å². The molecular weight excluding hydrogens is 287 g/mol. The van der Waals surface area contributed by atoms with Crippen molar-refractivity contribution in [1.29, 1.82) is 0 Å². The van der Waals surface area contributed by atoms with E-state index in [0.29, 0.717) is 12.1 Å². The molecule has 1 heterocycles. The molecule has 3 rings (SSSR count). The molecule has 2 nitrogen and oxygen atoms in total. The van der Waals surface area contributed by atoms with Crippen molar-refractivity contribution in [1.82, 2.24) is 4.98 Å². The minimum absolute atomic E-state index is 0.186. The first-order chi connectivity index (χ1) is 11.1. The molecule has 3 aromatic rings. The van der Waals surface area contributed by atoms with Crippen molar-refractivity contribution in [3.8, 4) is 11.1 Å². The van der Waals surface area contributed by atoms with Crippen molar-refractivity contribution in [2.24, 2.45) is 0 Å². The molecular formula is C20H19FN2. The molecule has 0 aliphatic heterocycles. The molecule has 23 heavy (non-hydrogen) atoms. The van der Waals surface area contributed by atoms with Crippen molar-refractivity contribution < 1.29 is 4.39 Å². The van der Waals surface area contributed by atoms with Crippen molar-refractivity contribution in [3.63, 3.8) is 0 Å². The lowest BCUT2D eigenvalue weighted by Crippen LogP contribution is -2.05. The fraction of sp³-hybridized carbons (Fsp3) is 0.150. The van der Waals surface area contributed by atoms with Gasteiger partial charge in [-0.1, -0.05) is 42.0 Å². The number of hydrogen-bond donors (Lipinski definition) is 1. The number of aryl methyl sites for hydroxylation is 2. The highest BCUT2D eigenvalue weighted by Gasteiger charge is 2.05. The number of pyridine rings is 1. The van der Waals surface area contributed by atoms with Gasteiger partial charge in [0.15, 0.2) is 0 Å². The summed E-state index contributed by atoms with van der Waals surface area (Å²) in [5, 5.41) is 3.18. The van der Waals surface area contributed by atoms with Crippen LogP contribution in [0.4, 0.5) is 10.2 Å². The van der Waals surface area contributed by atoms with Crippen LogP contribution in [0.1, 0.15) is 16.7 Å². The van der Waals surface area contributed by atoms with Gasteiger partial charge in [-0.15, -0.1) is 0 Å². The second-order valence-electron chi connectivity index (χ2n) is 5.69. The first kappa shape index (κ1) is 15.2. The number of nitrogens with one attached hydrogen (secondary N) is 1. The van der Waals surface area contributed by atoms with E-state index in [1.54, 1.807) is 6.07 Å². The van der Waals surface area contributed by atoms with Crippen LogP contribution in [0.2, 0.25) is 0 Å². The van der Waals surface area contributed by atoms with Crippen LogP contribution in [0.25, 0.3) is 11.1 Å². The van der Waals surface area contributed by atoms with Crippen LogP contribution in [0.15, 0.2) is 60.8 Å². The smallest absolute Gasteiger partial charge is 0.128 e. The van der Waals surface area contributed by atoms with Gasteiger partial charge in [-0.25, -0.2) is 9.37 Å². The monoisotopic (exact) mass is 306 g/mol. The van der Waals surface area contributed by atoms with Crippen molar-refractivity contribution in [2.75, 3.05) is 5.32 Å². The van der Waals surface area contributed by atoms with E-state index in [4.69, 9.17) is 0 Å². The zero-order chi connectivity index (χ0) is 16.2. The third-order valence-electron chi connectivity index (χ3n) is 3.95. The highest BCUT2D eigenvalue weighted by molar-refractivity contribution is 5.64. The summed E-state index contributed by atoms with van der Waals surface area (Å²) in [4.78, 5) is 4.42. The molecule has 1 N–H and O–H groups in total. The predicted molar refractivity (Wildman–Crippen MR) is 92.9 cm³/mol. The van der Waals surface area contributed by atoms with E-state index in [2.05, 4.69) is 41.5 Å². The van der Waals surface area contributed by atoms with Gasteiger partial charge in [-0.2, -0.15) is 0 Å². The van der Waals surface area contributed by atoms with Gasteiger partial charge in [0.2, 0.25) is 0 Å². The van der Waals surface area contributed by atoms with Crippen molar-refractivity contribution >= 4 is 5.82 Å². The standard InChI is InChI=1S/C20H19FN2/c1-14-6-8-16(9-7-14)17-10-11-20(22-12-17)23-13-18-15(2)4-3-5-19(18)21/h3-12H,13H2,1-2H3,(H,22,23). The van der Waals surface area contributed by atoms with E-state index in [0.717, 1.165) is 22.5 Å². The van der Waals surface area contributed by atoms with Gasteiger partial charge in [0.1, 0.15) is 11.6 Å². The van der Waals surface area contributed by atoms with Crippen LogP contribution in [0.3, 0.4) is 0 Å². The third kappa shape index (κ3) is 3.57. The Morgan fingerprint density at radius 2 is 1.65 bits per heavy atom. The Labute approximate surface area is 136 Å². The molecule has 0 aliphatic rings. The SMILES string of the molecule is Cc1ccc(-c2ccc(NCc3c(C)cccc3F)nc2)cc1. The maximum Gasteiger partial charge on any atom is 0.128 e. The molecule has 0 atom stereocenters. The highest BCUT2D eigenvalue weighted by atomic mass is 19.1. The largest absolute Gasteiger partial charge is 0.366 e. The molecule has 0 unspecified atom stereocenters. The number of nitrogens with zero attached hydrogens (tertiary/aromatic N) is 1. The summed E-state index contributed by atoms with van der Waals surface area (Å²) in [6.07, 6.45) is 1.83. The minimum atomic E-state index is -0.186. The van der Waals surface area contributed by atoms with E-state index in [-0.39, 0.29) is 5.82 Å². The van der Waals surface area contributed by atoms with E-state index in [1.807, 2.05) is 31.3 Å². The number of halogens is 1. The van der Waals surface area contributed by atoms with Crippen LogP contribution in [-0.4, -0.2) is 4.98 Å². The maximum absolute atomic E-state index is 13.8. The number of benzene rings is 2. The lowest BCUT2D eigenvalue weighted by Gasteiger charge is -2.10. The Morgan fingerprint density at radius 1 is 0.913 bits per heavy atom. The summed E-state index contributed by atoms with van der Waals surface area (Å²) in [6.45, 7) is 4.41. The molecule has 3 heteroatoms. The molecule has 116 valence electrons. The number of hydrogen-bond acceptors (Lipinski definition) is 2. The summed E-state index contributed by atoms with van der Waals surface area (Å²) >= 11 is 0. The van der Waals surface area contributed by atoms with Crippen LogP contribution in [0.5, 0.6) is 0 Å². The first-order valence-corrected chi connectivity index (χ1v) is 7.64. The fourth-order valence-electron chi connectivity index (χ4n) is 2.48. The molecule has 0 fully saturated rings. The summed E-state index contributed by atoms with van der Waals surface area (Å²) in [5.41, 5.74) is 5.06. The molecule has 0 amide bonds. The second-order valence-corrected chi connectivity index (χ2v) is 5.69. The van der Waals surface area contributed by atoms with Crippen molar-refractivity contribution in [2.45, 2.75) is 20.4 Å². The summed E-state index contributed by atoms with van der Waals surface area (Å²) in [5.74, 6) is 0.553. The van der Waals surface area contributed by atoms with Gasteiger partial charge >= 0.3 is 0 Å². The average Bonchev–Trinajstić information content (AvgIpc) is 2.56. The Morgan fingerprint density at radius 3 is 2.30 bits per heavy atom. The minimum Gasteiger partial charge on any atom is -0.366 e. The van der Waals surface area contributed by atoms with Gasteiger partial charge in [-0.3, -0.25) is 0 Å². The van der Waals surface area contributed by atoms with E-state index in [9.17, 15) is 4.39 Å². The Kier molecular flexibility index (Phi) is 4.38. The third-order valence-corrected chi connectivity index (χ3v) is 3.95. The fourth-order valence-corrected chi connectivity index (χ4v) is 2.48. The number of rotatable bonds is 4. The normalized spacial score (nSPS) is 10.6. The molecule has 2 aromatic carbocycles. The molecule has 0 bridgehead atoms. The van der Waals surface area contributed by atoms with E-state index in [1.165, 1.54) is 11.6 Å². The predicted octanol–water partition coefficient (Wildman–Crippen LogP) is 5.12. The Hall–Kier alpha value is -2.68. The quantitative estimate of drug-likeness (QED) is 0.724. The van der Waals surface area contributed by atoms with Gasteiger partial charge < -0.3 is 5.32 Å². The molecule has 0 aliphatic carbocycles. The number of anilines is 1. The van der Waals surface area contributed by atoms with Gasteiger partial charge in [0.25, 0.3) is 0 Å². The van der Waals surface area contributed by atoms with Crippen LogP contribution >= 0.6 is 0 Å². The molecule has 0 saturated carbocycles. The molecule has 1 aromatic heterocycles. The summed E-state index contributed by atoms with van der Waals surface area (Å²) in [6, 6.07) is 17.4. The molecule has 0 radical (unpaired) electrons. The van der Waals surface area contributed by atoms with Crippen molar-refractivity contribution in [3.05, 3.63) is 83.3 Å². The van der Waals surface area contributed by atoms with Gasteiger partial charge in [0, 0.05) is 23.9 Å². The van der Waals surface area contributed by atoms with Crippen LogP contribution in [0, 0.1) is 19.7 Å². The zero-order valence-corrected chi connectivity index (χ0v) is 13.3. The first-order valence-electron chi connectivity index (χ1n) is 7.64. The molecule has 0 spiro atoms. The highest BCUT2D eigenvalue weighted by Crippen LogP contribution is 2.21. The van der Waals surface area contributed by atoms with Crippen LogP contribution in [-0.2, 0) is 6.54 Å². The lowest BCUT2D eigenvalue weighted by molar-refractivity contribution is 0.611. The number of aromatic nitrogens is 1. The van der Waals surface area contributed by atoms with Gasteiger partial charge in [-0.05, 0) is 43.2 Å². The Bertz CT molecular complexity index is 773. The Balaban J connectivity index is 1.72. The summed E-state index contributed by atoms with van der Waals surface area (Å²) < 4.78 is 13.8. The molecule has 0 saturated heterocycles. The lowest BCUT2D eigenvalue weighted by atomic mass is 10.1. The van der Waals surface area contributed by atoms with Gasteiger partial charge in [0.05, 0.1) is 0 Å². The van der Waals surface area contributed by atoms with E-state index >= 15 is 0 Å². The van der Waals surface area contributed by atoms with E-state index < -0.39 is 0 Å². The average molecular weight is 306 g/mol. The second kappa shape index (κ2) is 6.61. The summed E-state index contributed by atoms with van der Waals surface area (Å²) in [7, 11) is 0. The maximum atomic E-state index is 13.8.